The third kappa shape index (κ3) is 4.91. The number of rotatable bonds is 9. The second-order valence-corrected chi connectivity index (χ2v) is 11.1. The van der Waals surface area contributed by atoms with Gasteiger partial charge in [0.2, 0.25) is 17.6 Å². The summed E-state index contributed by atoms with van der Waals surface area (Å²) < 4.78 is 12.4. The molecule has 0 aromatic carbocycles. The zero-order valence-electron chi connectivity index (χ0n) is 22.1. The Morgan fingerprint density at radius 1 is 1.08 bits per heavy atom. The number of nitrogens with one attached hydrogen (secondary N) is 3. The van der Waals surface area contributed by atoms with Gasteiger partial charge in [-0.15, -0.1) is 0 Å². The zero-order chi connectivity index (χ0) is 26.2. The molecule has 0 aliphatic heterocycles. The van der Waals surface area contributed by atoms with E-state index in [0.29, 0.717) is 29.2 Å². The van der Waals surface area contributed by atoms with E-state index in [9.17, 15) is 4.79 Å². The first-order valence-electron chi connectivity index (χ1n) is 13.7. The van der Waals surface area contributed by atoms with E-state index in [1.807, 2.05) is 13.0 Å². The highest BCUT2D eigenvalue weighted by atomic mass is 16.5. The van der Waals surface area contributed by atoms with Gasteiger partial charge in [-0.1, -0.05) is 36.5 Å². The molecule has 202 valence electrons. The molecule has 2 aliphatic rings. The van der Waals surface area contributed by atoms with Crippen LogP contribution in [0.15, 0.2) is 26.1 Å². The van der Waals surface area contributed by atoms with Gasteiger partial charge >= 0.3 is 5.76 Å². The van der Waals surface area contributed by atoms with E-state index < -0.39 is 5.76 Å². The molecule has 3 N–H and O–H groups in total. The summed E-state index contributed by atoms with van der Waals surface area (Å²) in [5.41, 5.74) is 1.37. The van der Waals surface area contributed by atoms with Crippen molar-refractivity contribution < 1.29 is 9.05 Å². The Labute approximate surface area is 220 Å². The smallest absolute Gasteiger partial charge is 0.365 e. The fraction of sp³-hybridized carbons (Fsp3) is 0.615. The lowest BCUT2D eigenvalue weighted by Crippen LogP contribution is -2.31. The van der Waals surface area contributed by atoms with E-state index in [2.05, 4.69) is 44.3 Å². The van der Waals surface area contributed by atoms with Gasteiger partial charge in [-0.05, 0) is 57.3 Å². The van der Waals surface area contributed by atoms with Crippen LogP contribution in [0.1, 0.15) is 77.5 Å². The Hall–Kier alpha value is -3.70. The standard InChI is InChI=1S/C26H35N9O3/c1-14-7-9-17(10-8-14)13-35-20-21(28-15(2)18-5-4-6-18)30-23(24-33-26(36)38-34-24)31-22(20)32-25(35)29-16(3)19-11-12-27-37-19/h11-12,14-18H,4-10,13H2,1-3H3,(H,33,34,36)(H2,28,29,30,31,32)/t14?,15-,16?,17?/m1/s1. The average Bonchev–Trinajstić information content (AvgIpc) is 3.60. The second kappa shape index (κ2) is 10.2. The summed E-state index contributed by atoms with van der Waals surface area (Å²) >= 11 is 0. The van der Waals surface area contributed by atoms with E-state index in [1.165, 1.54) is 44.9 Å². The Morgan fingerprint density at radius 2 is 1.89 bits per heavy atom. The molecule has 4 heterocycles. The summed E-state index contributed by atoms with van der Waals surface area (Å²) in [7, 11) is 0. The van der Waals surface area contributed by atoms with Gasteiger partial charge in [0, 0.05) is 18.7 Å². The molecule has 4 aromatic heterocycles. The van der Waals surface area contributed by atoms with E-state index >= 15 is 0 Å². The number of imidazole rings is 1. The largest absolute Gasteiger partial charge is 0.439 e. The average molecular weight is 522 g/mol. The molecule has 0 saturated heterocycles. The maximum atomic E-state index is 11.7. The molecule has 1 unspecified atom stereocenters. The molecule has 0 spiro atoms. The van der Waals surface area contributed by atoms with E-state index in [-0.39, 0.29) is 23.7 Å². The summed E-state index contributed by atoms with van der Waals surface area (Å²) in [5.74, 6) is 3.79. The number of nitrogens with zero attached hydrogens (tertiary/aromatic N) is 6. The van der Waals surface area contributed by atoms with Crippen molar-refractivity contribution in [3.63, 3.8) is 0 Å². The number of hydrogen-bond donors (Lipinski definition) is 3. The van der Waals surface area contributed by atoms with Crippen molar-refractivity contribution in [2.24, 2.45) is 17.8 Å². The molecule has 2 saturated carbocycles. The van der Waals surface area contributed by atoms with Gasteiger partial charge in [-0.3, -0.25) is 9.51 Å². The number of H-pyrrole nitrogens is 1. The van der Waals surface area contributed by atoms with Crippen LogP contribution >= 0.6 is 0 Å². The summed E-state index contributed by atoms with van der Waals surface area (Å²) in [4.78, 5) is 28.7. The fourth-order valence-electron chi connectivity index (χ4n) is 5.61. The molecule has 2 atom stereocenters. The molecular formula is C26H35N9O3. The minimum Gasteiger partial charge on any atom is -0.365 e. The molecule has 38 heavy (non-hydrogen) atoms. The monoisotopic (exact) mass is 521 g/mol. The lowest BCUT2D eigenvalue weighted by molar-refractivity contribution is 0.267. The maximum absolute atomic E-state index is 11.7. The summed E-state index contributed by atoms with van der Waals surface area (Å²) in [5, 5.41) is 14.9. The lowest BCUT2D eigenvalue weighted by Gasteiger charge is -2.32. The van der Waals surface area contributed by atoms with Crippen molar-refractivity contribution >= 4 is 22.9 Å². The molecule has 2 aliphatic carbocycles. The van der Waals surface area contributed by atoms with E-state index in [4.69, 9.17) is 24.0 Å². The molecule has 0 radical (unpaired) electrons. The molecule has 12 heteroatoms. The van der Waals surface area contributed by atoms with Gasteiger partial charge in [-0.2, -0.15) is 4.98 Å². The first kappa shape index (κ1) is 24.6. The molecule has 4 aromatic rings. The Bertz CT molecular complexity index is 1430. The van der Waals surface area contributed by atoms with Crippen molar-refractivity contribution in [1.29, 1.82) is 0 Å². The van der Waals surface area contributed by atoms with Crippen LogP contribution in [0, 0.1) is 17.8 Å². The fourth-order valence-corrected chi connectivity index (χ4v) is 5.61. The van der Waals surface area contributed by atoms with Crippen LogP contribution < -0.4 is 16.4 Å². The van der Waals surface area contributed by atoms with Crippen LogP contribution in [-0.2, 0) is 6.54 Å². The predicted molar refractivity (Wildman–Crippen MR) is 142 cm³/mol. The predicted octanol–water partition coefficient (Wildman–Crippen LogP) is 4.76. The Balaban J connectivity index is 1.45. The van der Waals surface area contributed by atoms with Crippen LogP contribution in [0.2, 0.25) is 0 Å². The third-order valence-electron chi connectivity index (χ3n) is 8.28. The quantitative estimate of drug-likeness (QED) is 0.281. The number of aromatic nitrogens is 7. The van der Waals surface area contributed by atoms with Gasteiger partial charge in [0.05, 0.1) is 12.2 Å². The number of hydrogen-bond acceptors (Lipinski definition) is 10. The van der Waals surface area contributed by atoms with Crippen molar-refractivity contribution in [1.82, 2.24) is 34.8 Å². The highest BCUT2D eigenvalue weighted by Gasteiger charge is 2.29. The molecular weight excluding hydrogens is 486 g/mol. The first-order valence-corrected chi connectivity index (χ1v) is 13.7. The molecule has 6 rings (SSSR count). The summed E-state index contributed by atoms with van der Waals surface area (Å²) in [6, 6.07) is 1.93. The molecule has 12 nitrogen and oxygen atoms in total. The van der Waals surface area contributed by atoms with Crippen LogP contribution in [-0.4, -0.2) is 40.9 Å². The van der Waals surface area contributed by atoms with Crippen molar-refractivity contribution in [2.45, 2.75) is 84.3 Å². The van der Waals surface area contributed by atoms with Crippen LogP contribution in [0.3, 0.4) is 0 Å². The third-order valence-corrected chi connectivity index (χ3v) is 8.28. The van der Waals surface area contributed by atoms with Gasteiger partial charge in [0.1, 0.15) is 5.52 Å². The second-order valence-electron chi connectivity index (χ2n) is 11.1. The normalized spacial score (nSPS) is 21.8. The summed E-state index contributed by atoms with van der Waals surface area (Å²) in [6.45, 7) is 7.36. The van der Waals surface area contributed by atoms with Gasteiger partial charge in [0.25, 0.3) is 0 Å². The molecule has 0 amide bonds. The van der Waals surface area contributed by atoms with Crippen LogP contribution in [0.25, 0.3) is 22.8 Å². The number of aromatic amines is 1. The molecule has 0 bridgehead atoms. The minimum atomic E-state index is -0.652. The van der Waals surface area contributed by atoms with Crippen molar-refractivity contribution in [3.05, 3.63) is 28.6 Å². The number of anilines is 2. The van der Waals surface area contributed by atoms with Gasteiger partial charge < -0.3 is 19.7 Å². The zero-order valence-corrected chi connectivity index (χ0v) is 22.1. The highest BCUT2D eigenvalue weighted by molar-refractivity contribution is 5.87. The lowest BCUT2D eigenvalue weighted by atomic mass is 9.80. The topological polar surface area (TPSA) is 153 Å². The molecule has 2 fully saturated rings. The minimum absolute atomic E-state index is 0.149. The SMILES string of the molecule is CC1CCC(Cn2c(NC(C)c3ccno3)nc3nc(-c4noc(=O)[nH]4)nc(N[C@H](C)C4CCC4)c32)CC1. The Kier molecular flexibility index (Phi) is 6.62. The first-order chi connectivity index (χ1) is 18.4. The Morgan fingerprint density at radius 3 is 2.55 bits per heavy atom. The van der Waals surface area contributed by atoms with Gasteiger partial charge in [0.15, 0.2) is 17.2 Å². The van der Waals surface area contributed by atoms with E-state index in [0.717, 1.165) is 23.7 Å². The number of fused-ring (bicyclic) bond motifs is 1. The summed E-state index contributed by atoms with van der Waals surface area (Å²) in [6.07, 6.45) is 10.1. The van der Waals surface area contributed by atoms with Crippen molar-refractivity contribution in [2.75, 3.05) is 10.6 Å². The van der Waals surface area contributed by atoms with Gasteiger partial charge in [-0.25, -0.2) is 14.8 Å². The van der Waals surface area contributed by atoms with Crippen LogP contribution in [0.5, 0.6) is 0 Å². The van der Waals surface area contributed by atoms with Crippen LogP contribution in [0.4, 0.5) is 11.8 Å². The maximum Gasteiger partial charge on any atom is 0.439 e. The van der Waals surface area contributed by atoms with E-state index in [1.54, 1.807) is 6.20 Å². The van der Waals surface area contributed by atoms with Crippen molar-refractivity contribution in [3.8, 4) is 11.6 Å². The highest BCUT2D eigenvalue weighted by Crippen LogP contribution is 2.36.